The van der Waals surface area contributed by atoms with Crippen LogP contribution in [0.4, 0.5) is 0 Å². The van der Waals surface area contributed by atoms with E-state index in [1.807, 2.05) is 6.92 Å². The molecule has 0 aromatic carbocycles. The maximum atomic E-state index is 4.15. The highest BCUT2D eigenvalue weighted by atomic mass is 15.2. The van der Waals surface area contributed by atoms with Crippen molar-refractivity contribution >= 4 is 11.4 Å². The Balaban J connectivity index is 2.35. The highest BCUT2D eigenvalue weighted by Gasteiger charge is 2.04. The highest BCUT2D eigenvalue weighted by Crippen LogP contribution is 2.09. The summed E-state index contributed by atoms with van der Waals surface area (Å²) in [6.45, 7) is 4.25. The van der Waals surface area contributed by atoms with Gasteiger partial charge in [0.05, 0.1) is 0 Å². The Morgan fingerprint density at radius 1 is 1.27 bits per heavy atom. The van der Waals surface area contributed by atoms with E-state index in [1.54, 1.807) is 0 Å². The summed E-state index contributed by atoms with van der Waals surface area (Å²) in [5.74, 6) is 0. The average molecular weight is 152 g/mol. The van der Waals surface area contributed by atoms with Crippen LogP contribution in [0.3, 0.4) is 0 Å². The lowest BCUT2D eigenvalue weighted by atomic mass is 10.1. The fourth-order valence-corrected chi connectivity index (χ4v) is 1.14. The molecule has 11 heavy (non-hydrogen) atoms. The minimum atomic E-state index is 1.11. The third kappa shape index (κ3) is 2.83. The first-order valence-corrected chi connectivity index (χ1v) is 4.41. The van der Waals surface area contributed by atoms with Gasteiger partial charge in [-0.3, -0.25) is 0 Å². The van der Waals surface area contributed by atoms with E-state index in [0.717, 1.165) is 19.3 Å². The van der Waals surface area contributed by atoms with Crippen LogP contribution in [0.2, 0.25) is 0 Å². The zero-order chi connectivity index (χ0) is 8.10. The molecule has 0 spiro atoms. The van der Waals surface area contributed by atoms with Crippen molar-refractivity contribution in [2.24, 2.45) is 10.2 Å². The van der Waals surface area contributed by atoms with Crippen molar-refractivity contribution in [3.63, 3.8) is 0 Å². The van der Waals surface area contributed by atoms with Gasteiger partial charge in [0.15, 0.2) is 0 Å². The second-order valence-electron chi connectivity index (χ2n) is 3.11. The molecule has 0 fully saturated rings. The molecule has 1 aliphatic rings. The number of hydrogen-bond acceptors (Lipinski definition) is 2. The predicted octanol–water partition coefficient (Wildman–Crippen LogP) is 2.79. The first-order valence-electron chi connectivity index (χ1n) is 4.41. The van der Waals surface area contributed by atoms with E-state index < -0.39 is 0 Å². The van der Waals surface area contributed by atoms with Crippen LogP contribution in [0.15, 0.2) is 10.2 Å². The van der Waals surface area contributed by atoms with E-state index in [1.165, 1.54) is 24.3 Å². The lowest BCUT2D eigenvalue weighted by molar-refractivity contribution is 0.814. The standard InChI is InChI=1S/C9H16N2/c1-3-4-5-9-7-6-8(2)10-11-9/h3-7H2,1-2H3. The van der Waals surface area contributed by atoms with Gasteiger partial charge in [-0.1, -0.05) is 13.3 Å². The summed E-state index contributed by atoms with van der Waals surface area (Å²) < 4.78 is 0. The molecule has 0 radical (unpaired) electrons. The van der Waals surface area contributed by atoms with Gasteiger partial charge in [0.2, 0.25) is 0 Å². The van der Waals surface area contributed by atoms with Crippen LogP contribution in [0.5, 0.6) is 0 Å². The minimum Gasteiger partial charge on any atom is -0.160 e. The molecule has 0 amide bonds. The van der Waals surface area contributed by atoms with Gasteiger partial charge in [-0.25, -0.2) is 0 Å². The maximum Gasteiger partial charge on any atom is 0.0409 e. The van der Waals surface area contributed by atoms with Gasteiger partial charge in [0, 0.05) is 11.4 Å². The van der Waals surface area contributed by atoms with Crippen molar-refractivity contribution in [1.29, 1.82) is 0 Å². The molecule has 0 bridgehead atoms. The molecule has 0 saturated heterocycles. The number of hydrogen-bond donors (Lipinski definition) is 0. The van der Waals surface area contributed by atoms with Crippen molar-refractivity contribution in [2.45, 2.75) is 46.0 Å². The largest absolute Gasteiger partial charge is 0.160 e. The predicted molar refractivity (Wildman–Crippen MR) is 49.3 cm³/mol. The lowest BCUT2D eigenvalue weighted by Crippen LogP contribution is -2.06. The van der Waals surface area contributed by atoms with E-state index in [0.29, 0.717) is 0 Å². The number of rotatable bonds is 3. The van der Waals surface area contributed by atoms with Crippen LogP contribution in [-0.4, -0.2) is 11.4 Å². The van der Waals surface area contributed by atoms with E-state index in [2.05, 4.69) is 17.1 Å². The van der Waals surface area contributed by atoms with Gasteiger partial charge in [0.25, 0.3) is 0 Å². The third-order valence-corrected chi connectivity index (χ3v) is 1.96. The zero-order valence-corrected chi connectivity index (χ0v) is 7.43. The summed E-state index contributed by atoms with van der Waals surface area (Å²) in [5.41, 5.74) is 2.46. The molecular weight excluding hydrogens is 136 g/mol. The smallest absolute Gasteiger partial charge is 0.0409 e. The van der Waals surface area contributed by atoms with E-state index in [-0.39, 0.29) is 0 Å². The maximum absolute atomic E-state index is 4.15. The Kier molecular flexibility index (Phi) is 3.27. The molecule has 62 valence electrons. The van der Waals surface area contributed by atoms with Crippen molar-refractivity contribution < 1.29 is 0 Å². The van der Waals surface area contributed by atoms with E-state index >= 15 is 0 Å². The Labute approximate surface area is 68.4 Å². The molecule has 0 unspecified atom stereocenters. The number of nitrogens with zero attached hydrogens (tertiary/aromatic N) is 2. The first-order chi connectivity index (χ1) is 5.33. The van der Waals surface area contributed by atoms with Crippen molar-refractivity contribution in [1.82, 2.24) is 0 Å². The normalized spacial score (nSPS) is 17.6. The first kappa shape index (κ1) is 8.44. The van der Waals surface area contributed by atoms with Crippen molar-refractivity contribution in [3.8, 4) is 0 Å². The monoisotopic (exact) mass is 152 g/mol. The van der Waals surface area contributed by atoms with Crippen molar-refractivity contribution in [3.05, 3.63) is 0 Å². The number of unbranched alkanes of at least 4 members (excludes halogenated alkanes) is 1. The zero-order valence-electron chi connectivity index (χ0n) is 7.43. The molecule has 1 rings (SSSR count). The summed E-state index contributed by atoms with van der Waals surface area (Å²) in [7, 11) is 0. The minimum absolute atomic E-state index is 1.11. The van der Waals surface area contributed by atoms with Gasteiger partial charge in [-0.2, -0.15) is 10.2 Å². The Morgan fingerprint density at radius 3 is 2.64 bits per heavy atom. The van der Waals surface area contributed by atoms with Crippen LogP contribution >= 0.6 is 0 Å². The van der Waals surface area contributed by atoms with E-state index in [9.17, 15) is 0 Å². The molecule has 1 heterocycles. The van der Waals surface area contributed by atoms with Gasteiger partial charge >= 0.3 is 0 Å². The molecule has 2 nitrogen and oxygen atoms in total. The second-order valence-corrected chi connectivity index (χ2v) is 3.11. The van der Waals surface area contributed by atoms with Crippen LogP contribution in [-0.2, 0) is 0 Å². The van der Waals surface area contributed by atoms with E-state index in [4.69, 9.17) is 0 Å². The lowest BCUT2D eigenvalue weighted by Gasteiger charge is -2.08. The molecule has 1 aliphatic heterocycles. The Hall–Kier alpha value is -0.660. The highest BCUT2D eigenvalue weighted by molar-refractivity contribution is 5.93. The summed E-state index contributed by atoms with van der Waals surface area (Å²) >= 11 is 0. The summed E-state index contributed by atoms with van der Waals surface area (Å²) in [5, 5.41) is 8.22. The molecular formula is C9H16N2. The topological polar surface area (TPSA) is 24.7 Å². The molecule has 0 N–H and O–H groups in total. The van der Waals surface area contributed by atoms with Crippen LogP contribution in [0, 0.1) is 0 Å². The third-order valence-electron chi connectivity index (χ3n) is 1.96. The summed E-state index contributed by atoms with van der Waals surface area (Å²) in [4.78, 5) is 0. The van der Waals surface area contributed by atoms with Crippen LogP contribution < -0.4 is 0 Å². The molecule has 0 aromatic rings. The van der Waals surface area contributed by atoms with Crippen molar-refractivity contribution in [2.75, 3.05) is 0 Å². The van der Waals surface area contributed by atoms with Gasteiger partial charge < -0.3 is 0 Å². The molecule has 0 atom stereocenters. The SMILES string of the molecule is CCCCC1=NN=C(C)CC1. The quantitative estimate of drug-likeness (QED) is 0.594. The Morgan fingerprint density at radius 2 is 2.09 bits per heavy atom. The molecule has 2 heteroatoms. The fraction of sp³-hybridized carbons (Fsp3) is 0.778. The van der Waals surface area contributed by atoms with Gasteiger partial charge in [-0.15, -0.1) is 0 Å². The molecule has 0 saturated carbocycles. The average Bonchev–Trinajstić information content (AvgIpc) is 2.04. The summed E-state index contributed by atoms with van der Waals surface area (Å²) in [6, 6.07) is 0. The molecule has 0 aliphatic carbocycles. The second kappa shape index (κ2) is 4.27. The molecule has 0 aromatic heterocycles. The van der Waals surface area contributed by atoms with Crippen LogP contribution in [0.25, 0.3) is 0 Å². The van der Waals surface area contributed by atoms with Crippen LogP contribution in [0.1, 0.15) is 46.0 Å². The summed E-state index contributed by atoms with van der Waals surface area (Å²) in [6.07, 6.45) is 5.90. The van der Waals surface area contributed by atoms with Gasteiger partial charge in [-0.05, 0) is 32.6 Å². The van der Waals surface area contributed by atoms with Gasteiger partial charge in [0.1, 0.15) is 0 Å². The Bertz CT molecular complexity index is 180. The fourth-order valence-electron chi connectivity index (χ4n) is 1.14.